The average Bonchev–Trinajstić information content (AvgIpc) is 3.46. The van der Waals surface area contributed by atoms with Crippen molar-refractivity contribution in [2.75, 3.05) is 19.8 Å². The van der Waals surface area contributed by atoms with Gasteiger partial charge in [-0.25, -0.2) is 0 Å². The number of nitrogens with two attached hydrogens (primary N) is 1. The predicted molar refractivity (Wildman–Crippen MR) is 100 cm³/mol. The fourth-order valence-electron chi connectivity index (χ4n) is 3.46. The fraction of sp³-hybridized carbons (Fsp3) is 0.421. The van der Waals surface area contributed by atoms with Gasteiger partial charge in [0, 0.05) is 12.5 Å². The average molecular weight is 384 g/mol. The van der Waals surface area contributed by atoms with Crippen molar-refractivity contribution in [2.45, 2.75) is 31.9 Å². The van der Waals surface area contributed by atoms with Gasteiger partial charge in [0.05, 0.1) is 19.4 Å². The molecule has 0 radical (unpaired) electrons. The van der Waals surface area contributed by atoms with Crippen molar-refractivity contribution in [1.82, 2.24) is 25.7 Å². The van der Waals surface area contributed by atoms with Crippen LogP contribution in [0.25, 0.3) is 0 Å². The Labute approximate surface area is 162 Å². The molecule has 9 heteroatoms. The minimum absolute atomic E-state index is 0.0396. The Morgan fingerprint density at radius 2 is 2.14 bits per heavy atom. The molecule has 0 saturated carbocycles. The van der Waals surface area contributed by atoms with Crippen molar-refractivity contribution < 1.29 is 14.1 Å². The van der Waals surface area contributed by atoms with E-state index in [2.05, 4.69) is 32.9 Å². The van der Waals surface area contributed by atoms with Gasteiger partial charge in [-0.15, -0.1) is 0 Å². The Kier molecular flexibility index (Phi) is 5.16. The molecule has 2 aliphatic heterocycles. The molecule has 4 rings (SSSR count). The number of nitrogens with zero attached hydrogens (tertiary/aromatic N) is 3. The molecule has 1 unspecified atom stereocenters. The van der Waals surface area contributed by atoms with Crippen LogP contribution in [0.1, 0.15) is 42.6 Å². The lowest BCUT2D eigenvalue weighted by molar-refractivity contribution is -0.128. The number of amides is 1. The van der Waals surface area contributed by atoms with Crippen molar-refractivity contribution in [3.63, 3.8) is 0 Å². The summed E-state index contributed by atoms with van der Waals surface area (Å²) < 4.78 is 11.3. The van der Waals surface area contributed by atoms with Crippen LogP contribution >= 0.6 is 0 Å². The summed E-state index contributed by atoms with van der Waals surface area (Å²) in [5.41, 5.74) is 7.33. The summed E-state index contributed by atoms with van der Waals surface area (Å²) in [6.45, 7) is 3.62. The predicted octanol–water partition coefficient (Wildman–Crippen LogP) is 0.941. The number of hydrogen-bond acceptors (Lipinski definition) is 8. The maximum Gasteiger partial charge on any atom is 0.274 e. The molecule has 0 bridgehead atoms. The summed E-state index contributed by atoms with van der Waals surface area (Å²) in [6, 6.07) is 10.1. The molecular weight excluding hydrogens is 360 g/mol. The Morgan fingerprint density at radius 1 is 1.32 bits per heavy atom. The van der Waals surface area contributed by atoms with Crippen LogP contribution in [-0.2, 0) is 16.1 Å². The summed E-state index contributed by atoms with van der Waals surface area (Å²) in [6.07, 6.45) is 0.844. The number of ether oxygens (including phenoxy) is 1. The first-order valence-corrected chi connectivity index (χ1v) is 9.41. The summed E-state index contributed by atoms with van der Waals surface area (Å²) in [5, 5.41) is 9.95. The van der Waals surface area contributed by atoms with Crippen LogP contribution in [-0.4, -0.2) is 40.8 Å². The number of carbonyl (C=O) groups excluding carboxylic acids is 1. The van der Waals surface area contributed by atoms with E-state index in [1.807, 2.05) is 25.1 Å². The zero-order valence-electron chi connectivity index (χ0n) is 15.7. The number of aromatic nitrogens is 2. The van der Waals surface area contributed by atoms with Crippen molar-refractivity contribution >= 4 is 5.91 Å². The third kappa shape index (κ3) is 3.65. The van der Waals surface area contributed by atoms with Gasteiger partial charge in [0.25, 0.3) is 5.91 Å². The van der Waals surface area contributed by atoms with E-state index in [0.29, 0.717) is 43.1 Å². The fourth-order valence-corrected chi connectivity index (χ4v) is 3.46. The molecule has 9 nitrogen and oxygen atoms in total. The molecule has 2 aromatic rings. The van der Waals surface area contributed by atoms with Crippen LogP contribution in [0, 0.1) is 0 Å². The minimum Gasteiger partial charge on any atom is -0.384 e. The van der Waals surface area contributed by atoms with Crippen molar-refractivity contribution in [3.8, 4) is 0 Å². The first-order chi connectivity index (χ1) is 13.7. The van der Waals surface area contributed by atoms with Gasteiger partial charge in [0.2, 0.25) is 5.89 Å². The van der Waals surface area contributed by atoms with Gasteiger partial charge >= 0.3 is 0 Å². The number of carbonyl (C=O) groups is 1. The molecule has 28 heavy (non-hydrogen) atoms. The highest BCUT2D eigenvalue weighted by molar-refractivity contribution is 5.93. The molecular formula is C19H24N6O3. The Bertz CT molecular complexity index is 866. The highest BCUT2D eigenvalue weighted by Gasteiger charge is 2.32. The Hall–Kier alpha value is -3.07. The van der Waals surface area contributed by atoms with Crippen molar-refractivity contribution in [1.29, 1.82) is 0 Å². The first kappa shape index (κ1) is 18.3. The second-order valence-electron chi connectivity index (χ2n) is 6.85. The second kappa shape index (κ2) is 7.89. The third-order valence-corrected chi connectivity index (χ3v) is 5.04. The molecule has 0 aliphatic carbocycles. The highest BCUT2D eigenvalue weighted by atomic mass is 16.5. The van der Waals surface area contributed by atoms with E-state index in [1.54, 1.807) is 4.90 Å². The van der Waals surface area contributed by atoms with Gasteiger partial charge in [-0.1, -0.05) is 35.5 Å². The topological polar surface area (TPSA) is 119 Å². The van der Waals surface area contributed by atoms with Crippen LogP contribution in [0.3, 0.4) is 0 Å². The SMILES string of the molecule is CCN(Cc1nc([C@@H]2COC(c3ccccc3)C2)no1)C(=O)C1=C(N)NCN1. The van der Waals surface area contributed by atoms with E-state index in [1.165, 1.54) is 0 Å². The normalized spacial score (nSPS) is 21.5. The van der Waals surface area contributed by atoms with Gasteiger partial charge in [-0.2, -0.15) is 4.98 Å². The minimum atomic E-state index is -0.196. The third-order valence-electron chi connectivity index (χ3n) is 5.04. The van der Waals surface area contributed by atoms with Crippen LogP contribution in [0.5, 0.6) is 0 Å². The second-order valence-corrected chi connectivity index (χ2v) is 6.85. The smallest absolute Gasteiger partial charge is 0.274 e. The van der Waals surface area contributed by atoms with E-state index in [0.717, 1.165) is 12.0 Å². The molecule has 1 aromatic heterocycles. The zero-order chi connectivity index (χ0) is 19.5. The summed E-state index contributed by atoms with van der Waals surface area (Å²) in [4.78, 5) is 18.7. The summed E-state index contributed by atoms with van der Waals surface area (Å²) >= 11 is 0. The number of hydrogen-bond donors (Lipinski definition) is 3. The van der Waals surface area contributed by atoms with E-state index in [9.17, 15) is 4.79 Å². The van der Waals surface area contributed by atoms with Crippen LogP contribution in [0.15, 0.2) is 46.4 Å². The lowest BCUT2D eigenvalue weighted by atomic mass is 10.0. The summed E-state index contributed by atoms with van der Waals surface area (Å²) in [5.74, 6) is 1.25. The Balaban J connectivity index is 1.40. The van der Waals surface area contributed by atoms with Gasteiger partial charge in [-0.05, 0) is 18.9 Å². The number of nitrogens with one attached hydrogen (secondary N) is 2. The van der Waals surface area contributed by atoms with Crippen LogP contribution in [0.2, 0.25) is 0 Å². The van der Waals surface area contributed by atoms with Crippen LogP contribution < -0.4 is 16.4 Å². The number of rotatable bonds is 6. The maximum atomic E-state index is 12.6. The van der Waals surface area contributed by atoms with E-state index < -0.39 is 0 Å². The molecule has 0 spiro atoms. The van der Waals surface area contributed by atoms with Crippen LogP contribution in [0.4, 0.5) is 0 Å². The molecule has 2 atom stereocenters. The van der Waals surface area contributed by atoms with Gasteiger partial charge < -0.3 is 30.5 Å². The maximum absolute atomic E-state index is 12.6. The molecule has 2 aliphatic rings. The summed E-state index contributed by atoms with van der Waals surface area (Å²) in [7, 11) is 0. The van der Waals surface area contributed by atoms with E-state index in [-0.39, 0.29) is 24.5 Å². The molecule has 1 fully saturated rings. The lowest BCUT2D eigenvalue weighted by Crippen LogP contribution is -2.35. The quantitative estimate of drug-likeness (QED) is 0.673. The van der Waals surface area contributed by atoms with E-state index in [4.69, 9.17) is 15.0 Å². The number of likely N-dealkylation sites (N-methyl/N-ethyl adjacent to an activating group) is 1. The molecule has 148 valence electrons. The molecule has 1 aromatic carbocycles. The largest absolute Gasteiger partial charge is 0.384 e. The Morgan fingerprint density at radius 3 is 2.86 bits per heavy atom. The number of benzene rings is 1. The molecule has 1 amide bonds. The van der Waals surface area contributed by atoms with Gasteiger partial charge in [-0.3, -0.25) is 4.79 Å². The van der Waals surface area contributed by atoms with Crippen molar-refractivity contribution in [2.24, 2.45) is 5.73 Å². The van der Waals surface area contributed by atoms with Gasteiger partial charge in [0.1, 0.15) is 18.1 Å². The standard InChI is InChI=1S/C19H24N6O3/c1-2-25(19(26)16-17(20)22-11-21-16)9-15-23-18(24-28-15)13-8-14(27-10-13)12-6-4-3-5-7-12/h3-7,13-14,21-22H,2,8-11,20H2,1H3/t13-,14?/m0/s1. The monoisotopic (exact) mass is 384 g/mol. The molecule has 3 heterocycles. The van der Waals surface area contributed by atoms with E-state index >= 15 is 0 Å². The molecule has 4 N–H and O–H groups in total. The van der Waals surface area contributed by atoms with Crippen molar-refractivity contribution in [3.05, 3.63) is 59.1 Å². The van der Waals surface area contributed by atoms with Gasteiger partial charge in [0.15, 0.2) is 5.82 Å². The lowest BCUT2D eigenvalue weighted by Gasteiger charge is -2.19. The first-order valence-electron chi connectivity index (χ1n) is 9.41. The zero-order valence-corrected chi connectivity index (χ0v) is 15.7. The highest BCUT2D eigenvalue weighted by Crippen LogP contribution is 2.36. The molecule has 1 saturated heterocycles.